The van der Waals surface area contributed by atoms with E-state index in [4.69, 9.17) is 0 Å². The van der Waals surface area contributed by atoms with Crippen LogP contribution in [-0.2, 0) is 14.8 Å². The highest BCUT2D eigenvalue weighted by atomic mass is 32.2. The molecule has 0 spiro atoms. The van der Waals surface area contributed by atoms with Crippen molar-refractivity contribution in [2.45, 2.75) is 30.2 Å². The van der Waals surface area contributed by atoms with E-state index in [1.165, 1.54) is 15.4 Å². The summed E-state index contributed by atoms with van der Waals surface area (Å²) in [7, 11) is -3.84. The maximum Gasteiger partial charge on any atom is 0.245 e. The number of aromatic nitrogens is 1. The van der Waals surface area contributed by atoms with E-state index in [9.17, 15) is 13.2 Å². The van der Waals surface area contributed by atoms with Gasteiger partial charge in [-0.3, -0.25) is 9.78 Å². The summed E-state index contributed by atoms with van der Waals surface area (Å²) in [5.41, 5.74) is 2.85. The Hall–Kier alpha value is -3.03. The predicted octanol–water partition coefficient (Wildman–Crippen LogP) is 3.70. The minimum atomic E-state index is -3.84. The number of rotatable bonds is 4. The summed E-state index contributed by atoms with van der Waals surface area (Å²) in [6, 6.07) is 18.3. The summed E-state index contributed by atoms with van der Waals surface area (Å²) in [4.78, 5) is 19.6. The molecule has 1 fully saturated rings. The van der Waals surface area contributed by atoms with Crippen molar-refractivity contribution >= 4 is 32.4 Å². The number of sulfonamides is 1. The van der Waals surface area contributed by atoms with E-state index in [1.807, 2.05) is 30.3 Å². The van der Waals surface area contributed by atoms with Gasteiger partial charge in [-0.25, -0.2) is 8.42 Å². The molecule has 7 heteroatoms. The van der Waals surface area contributed by atoms with Crippen molar-refractivity contribution in [1.29, 1.82) is 0 Å². The predicted molar refractivity (Wildman–Crippen MR) is 124 cm³/mol. The first-order valence-corrected chi connectivity index (χ1v) is 12.4. The summed E-state index contributed by atoms with van der Waals surface area (Å²) in [6.45, 7) is 1.45. The van der Waals surface area contributed by atoms with E-state index in [0.717, 1.165) is 11.8 Å². The average Bonchev–Trinajstić information content (AvgIpc) is 3.35. The Kier molecular flexibility index (Phi) is 5.53. The van der Waals surface area contributed by atoms with Gasteiger partial charge in [-0.2, -0.15) is 4.31 Å². The number of carbonyl (C=O) groups excluding carboxylic acids is 1. The van der Waals surface area contributed by atoms with Gasteiger partial charge in [-0.05, 0) is 42.5 Å². The number of nitrogens with zero attached hydrogens (tertiary/aromatic N) is 3. The van der Waals surface area contributed by atoms with Crippen LogP contribution in [0.4, 0.5) is 0 Å². The fraction of sp³-hybridized carbons (Fsp3) is 0.280. The maximum absolute atomic E-state index is 13.6. The Morgan fingerprint density at radius 3 is 2.56 bits per heavy atom. The summed E-state index contributed by atoms with van der Waals surface area (Å²) in [5.74, 6) is -0.109. The van der Waals surface area contributed by atoms with Crippen LogP contribution in [0.5, 0.6) is 0 Å². The van der Waals surface area contributed by atoms with Crippen LogP contribution in [0.25, 0.3) is 16.5 Å². The van der Waals surface area contributed by atoms with Crippen molar-refractivity contribution < 1.29 is 13.2 Å². The van der Waals surface area contributed by atoms with Crippen LogP contribution in [0.2, 0.25) is 0 Å². The standard InChI is InChI=1S/C25H25N3O3S/c29-25(27-17-13-20(14-18-27)19-7-2-1-3-8-19)22-11-6-16-28(22)32(30,31)23-12-4-9-21-10-5-15-26-24(21)23/h1-5,7-10,12-13,15,22H,6,11,14,16-18H2. The highest BCUT2D eigenvalue weighted by Gasteiger charge is 2.42. The topological polar surface area (TPSA) is 70.6 Å². The molecule has 3 heterocycles. The van der Waals surface area contributed by atoms with E-state index in [1.54, 1.807) is 29.3 Å². The molecular weight excluding hydrogens is 422 g/mol. The van der Waals surface area contributed by atoms with E-state index in [0.29, 0.717) is 38.0 Å². The molecule has 1 saturated heterocycles. The third-order valence-corrected chi connectivity index (χ3v) is 8.28. The van der Waals surface area contributed by atoms with Crippen LogP contribution in [0.15, 0.2) is 77.8 Å². The Bertz CT molecular complexity index is 1280. The van der Waals surface area contributed by atoms with Crippen molar-refractivity contribution in [2.75, 3.05) is 19.6 Å². The van der Waals surface area contributed by atoms with Crippen molar-refractivity contribution in [2.24, 2.45) is 0 Å². The molecule has 0 saturated carbocycles. The number of pyridine rings is 1. The lowest BCUT2D eigenvalue weighted by Gasteiger charge is -2.32. The lowest BCUT2D eigenvalue weighted by atomic mass is 9.99. The quantitative estimate of drug-likeness (QED) is 0.611. The second-order valence-corrected chi connectivity index (χ2v) is 10.1. The zero-order chi connectivity index (χ0) is 22.1. The lowest BCUT2D eigenvalue weighted by Crippen LogP contribution is -2.48. The number of fused-ring (bicyclic) bond motifs is 1. The third kappa shape index (κ3) is 3.72. The second-order valence-electron chi connectivity index (χ2n) is 8.23. The number of para-hydroxylation sites is 1. The smallest absolute Gasteiger partial charge is 0.245 e. The second kappa shape index (κ2) is 8.48. The normalized spacial score (nSPS) is 19.8. The van der Waals surface area contributed by atoms with Crippen molar-refractivity contribution in [3.05, 3.63) is 78.5 Å². The van der Waals surface area contributed by atoms with Gasteiger partial charge in [0.25, 0.3) is 0 Å². The molecule has 0 bridgehead atoms. The Labute approximate surface area is 188 Å². The summed E-state index contributed by atoms with van der Waals surface area (Å²) in [5, 5.41) is 0.769. The van der Waals surface area contributed by atoms with Gasteiger partial charge < -0.3 is 4.90 Å². The zero-order valence-corrected chi connectivity index (χ0v) is 18.5. The van der Waals surface area contributed by atoms with Gasteiger partial charge in [0.2, 0.25) is 15.9 Å². The molecule has 2 aromatic carbocycles. The van der Waals surface area contributed by atoms with Gasteiger partial charge in [0.05, 0.1) is 5.52 Å². The van der Waals surface area contributed by atoms with E-state index in [-0.39, 0.29) is 10.8 Å². The minimum Gasteiger partial charge on any atom is -0.337 e. The van der Waals surface area contributed by atoms with E-state index < -0.39 is 16.1 Å². The maximum atomic E-state index is 13.6. The van der Waals surface area contributed by atoms with Crippen molar-refractivity contribution in [3.63, 3.8) is 0 Å². The van der Waals surface area contributed by atoms with Crippen LogP contribution in [0.3, 0.4) is 0 Å². The number of hydrogen-bond donors (Lipinski definition) is 0. The Morgan fingerprint density at radius 1 is 0.969 bits per heavy atom. The lowest BCUT2D eigenvalue weighted by molar-refractivity contribution is -0.134. The zero-order valence-electron chi connectivity index (χ0n) is 17.7. The van der Waals surface area contributed by atoms with Gasteiger partial charge in [0, 0.05) is 31.2 Å². The summed E-state index contributed by atoms with van der Waals surface area (Å²) in [6.07, 6.45) is 5.66. The van der Waals surface area contributed by atoms with Crippen LogP contribution in [0.1, 0.15) is 24.8 Å². The van der Waals surface area contributed by atoms with Gasteiger partial charge in [0.15, 0.2) is 0 Å². The molecule has 6 nitrogen and oxygen atoms in total. The molecule has 32 heavy (non-hydrogen) atoms. The fourth-order valence-electron chi connectivity index (χ4n) is 4.68. The number of amides is 1. The fourth-order valence-corrected chi connectivity index (χ4v) is 6.50. The van der Waals surface area contributed by atoms with Gasteiger partial charge >= 0.3 is 0 Å². The first-order valence-electron chi connectivity index (χ1n) is 10.9. The Balaban J connectivity index is 1.39. The van der Waals surface area contributed by atoms with Gasteiger partial charge in [-0.15, -0.1) is 0 Å². The molecule has 0 aliphatic carbocycles. The van der Waals surface area contributed by atoms with Crippen molar-refractivity contribution in [3.8, 4) is 0 Å². The Morgan fingerprint density at radius 2 is 1.78 bits per heavy atom. The van der Waals surface area contributed by atoms with Crippen LogP contribution >= 0.6 is 0 Å². The SMILES string of the molecule is O=C(C1CCCN1S(=O)(=O)c1cccc2cccnc12)N1CC=C(c2ccccc2)CC1. The summed E-state index contributed by atoms with van der Waals surface area (Å²) < 4.78 is 28.6. The van der Waals surface area contributed by atoms with E-state index in [2.05, 4.69) is 23.2 Å². The largest absolute Gasteiger partial charge is 0.337 e. The molecule has 2 aliphatic rings. The molecule has 1 amide bonds. The molecule has 0 N–H and O–H groups in total. The third-order valence-electron chi connectivity index (χ3n) is 6.34. The first kappa shape index (κ1) is 20.8. The molecular formula is C25H25N3O3S. The molecule has 1 aromatic heterocycles. The monoisotopic (exact) mass is 447 g/mol. The van der Waals surface area contributed by atoms with Gasteiger partial charge in [0.1, 0.15) is 10.9 Å². The molecule has 2 aliphatic heterocycles. The molecule has 164 valence electrons. The number of hydrogen-bond acceptors (Lipinski definition) is 4. The molecule has 5 rings (SSSR count). The highest BCUT2D eigenvalue weighted by Crippen LogP contribution is 2.31. The minimum absolute atomic E-state index is 0.109. The molecule has 1 unspecified atom stereocenters. The molecule has 3 aromatic rings. The first-order chi connectivity index (χ1) is 15.6. The van der Waals surface area contributed by atoms with E-state index >= 15 is 0 Å². The highest BCUT2D eigenvalue weighted by molar-refractivity contribution is 7.89. The van der Waals surface area contributed by atoms with Crippen LogP contribution < -0.4 is 0 Å². The van der Waals surface area contributed by atoms with Crippen molar-refractivity contribution in [1.82, 2.24) is 14.2 Å². The van der Waals surface area contributed by atoms with Crippen LogP contribution in [-0.4, -0.2) is 54.2 Å². The van der Waals surface area contributed by atoms with Gasteiger partial charge in [-0.1, -0.05) is 54.6 Å². The number of carbonyl (C=O) groups is 1. The van der Waals surface area contributed by atoms with Crippen LogP contribution in [0, 0.1) is 0 Å². The molecule has 1 atom stereocenters. The average molecular weight is 448 g/mol. The summed E-state index contributed by atoms with van der Waals surface area (Å²) >= 11 is 0. The molecule has 0 radical (unpaired) electrons. The number of benzene rings is 2.